The minimum atomic E-state index is -0.627. The van der Waals surface area contributed by atoms with E-state index < -0.39 is 11.6 Å². The zero-order valence-electron chi connectivity index (χ0n) is 9.76. The summed E-state index contributed by atoms with van der Waals surface area (Å²) in [4.78, 5) is 0. The highest BCUT2D eigenvalue weighted by atomic mass is 19.1. The van der Waals surface area contributed by atoms with Crippen molar-refractivity contribution in [2.45, 2.75) is 32.9 Å². The summed E-state index contributed by atoms with van der Waals surface area (Å²) < 4.78 is 31.2. The summed E-state index contributed by atoms with van der Waals surface area (Å²) in [6.45, 7) is 6.64. The molecule has 0 bridgehead atoms. The molecule has 0 aliphatic rings. The normalized spacial score (nSPS) is 14.6. The zero-order valence-corrected chi connectivity index (χ0v) is 9.76. The van der Waals surface area contributed by atoms with Gasteiger partial charge in [-0.15, -0.1) is 0 Å². The fourth-order valence-corrected chi connectivity index (χ4v) is 1.40. The smallest absolute Gasteiger partial charge is 0.129 e. The summed E-state index contributed by atoms with van der Waals surface area (Å²) in [7, 11) is 0. The van der Waals surface area contributed by atoms with Crippen LogP contribution < -0.4 is 10.1 Å². The Morgan fingerprint density at radius 3 is 2.25 bits per heavy atom. The van der Waals surface area contributed by atoms with Crippen LogP contribution in [0.25, 0.3) is 0 Å². The number of halogens is 2. The van der Waals surface area contributed by atoms with Crippen LogP contribution in [-0.4, -0.2) is 18.7 Å². The van der Waals surface area contributed by atoms with E-state index in [1.165, 1.54) is 12.1 Å². The molecule has 0 aliphatic heterocycles. The fourth-order valence-electron chi connectivity index (χ4n) is 1.40. The van der Waals surface area contributed by atoms with Crippen LogP contribution in [0.15, 0.2) is 18.2 Å². The predicted octanol–water partition coefficient (Wildman–Crippen LogP) is 2.73. The van der Waals surface area contributed by atoms with Gasteiger partial charge in [-0.05, 0) is 20.4 Å². The first kappa shape index (κ1) is 12.9. The first-order chi connectivity index (χ1) is 7.52. The zero-order chi connectivity index (χ0) is 12.1. The lowest BCUT2D eigenvalue weighted by atomic mass is 10.2. The highest BCUT2D eigenvalue weighted by Crippen LogP contribution is 2.17. The standard InChI is InChI=1S/C12H17F2NO/c1-4-15-8(2)9(3)16-12-6-10(13)5-11(14)7-12/h5-9,15H,4H2,1-3H3. The lowest BCUT2D eigenvalue weighted by molar-refractivity contribution is 0.178. The van der Waals surface area contributed by atoms with Crippen molar-refractivity contribution in [1.82, 2.24) is 5.32 Å². The molecule has 1 aromatic rings. The second kappa shape index (κ2) is 5.80. The predicted molar refractivity (Wildman–Crippen MR) is 59.6 cm³/mol. The number of benzene rings is 1. The van der Waals surface area contributed by atoms with Gasteiger partial charge in [0.2, 0.25) is 0 Å². The summed E-state index contributed by atoms with van der Waals surface area (Å²) in [6, 6.07) is 3.30. The molecule has 0 radical (unpaired) electrons. The molecule has 0 amide bonds. The molecule has 0 saturated carbocycles. The third kappa shape index (κ3) is 3.77. The van der Waals surface area contributed by atoms with E-state index >= 15 is 0 Å². The van der Waals surface area contributed by atoms with Crippen molar-refractivity contribution in [3.63, 3.8) is 0 Å². The van der Waals surface area contributed by atoms with Gasteiger partial charge >= 0.3 is 0 Å². The topological polar surface area (TPSA) is 21.3 Å². The van der Waals surface area contributed by atoms with E-state index in [1.54, 1.807) is 0 Å². The van der Waals surface area contributed by atoms with E-state index in [0.717, 1.165) is 12.6 Å². The maximum atomic E-state index is 12.9. The van der Waals surface area contributed by atoms with Crippen LogP contribution in [0.4, 0.5) is 8.78 Å². The molecule has 0 saturated heterocycles. The van der Waals surface area contributed by atoms with Crippen LogP contribution in [0, 0.1) is 11.6 Å². The van der Waals surface area contributed by atoms with Crippen molar-refractivity contribution in [3.05, 3.63) is 29.8 Å². The van der Waals surface area contributed by atoms with E-state index in [9.17, 15) is 8.78 Å². The quantitative estimate of drug-likeness (QED) is 0.838. The van der Waals surface area contributed by atoms with Gasteiger partial charge in [-0.2, -0.15) is 0 Å². The molecule has 2 nitrogen and oxygen atoms in total. The number of hydrogen-bond acceptors (Lipinski definition) is 2. The Morgan fingerprint density at radius 2 is 1.75 bits per heavy atom. The monoisotopic (exact) mass is 229 g/mol. The number of likely N-dealkylation sites (N-methyl/N-ethyl adjacent to an activating group) is 1. The van der Waals surface area contributed by atoms with Gasteiger partial charge in [-0.1, -0.05) is 6.92 Å². The molecule has 0 aromatic heterocycles. The van der Waals surface area contributed by atoms with Gasteiger partial charge in [-0.25, -0.2) is 8.78 Å². The van der Waals surface area contributed by atoms with Gasteiger partial charge in [-0.3, -0.25) is 0 Å². The van der Waals surface area contributed by atoms with Crippen LogP contribution in [-0.2, 0) is 0 Å². The third-order valence-electron chi connectivity index (χ3n) is 2.39. The SMILES string of the molecule is CCNC(C)C(C)Oc1cc(F)cc(F)c1. The van der Waals surface area contributed by atoms with E-state index in [1.807, 2.05) is 20.8 Å². The summed E-state index contributed by atoms with van der Waals surface area (Å²) in [6.07, 6.45) is -0.152. The van der Waals surface area contributed by atoms with E-state index in [0.29, 0.717) is 0 Å². The van der Waals surface area contributed by atoms with E-state index in [2.05, 4.69) is 5.32 Å². The lowest BCUT2D eigenvalue weighted by Gasteiger charge is -2.22. The van der Waals surface area contributed by atoms with E-state index in [-0.39, 0.29) is 17.9 Å². The number of nitrogens with one attached hydrogen (secondary N) is 1. The molecule has 1 rings (SSSR count). The molecule has 0 aliphatic carbocycles. The first-order valence-corrected chi connectivity index (χ1v) is 5.39. The lowest BCUT2D eigenvalue weighted by Crippen LogP contribution is -2.38. The van der Waals surface area contributed by atoms with Crippen LogP contribution in [0.1, 0.15) is 20.8 Å². The molecule has 1 aromatic carbocycles. The highest BCUT2D eigenvalue weighted by molar-refractivity contribution is 5.24. The summed E-state index contributed by atoms with van der Waals surface area (Å²) in [5, 5.41) is 3.18. The Kier molecular flexibility index (Phi) is 4.68. The van der Waals surface area contributed by atoms with Crippen molar-refractivity contribution in [3.8, 4) is 5.75 Å². The van der Waals surface area contributed by atoms with Gasteiger partial charge in [0, 0.05) is 24.2 Å². The van der Waals surface area contributed by atoms with Gasteiger partial charge in [0.1, 0.15) is 23.5 Å². The van der Waals surface area contributed by atoms with Gasteiger partial charge in [0.05, 0.1) is 0 Å². The number of rotatable bonds is 5. The molecule has 2 atom stereocenters. The largest absolute Gasteiger partial charge is 0.489 e. The molecule has 4 heteroatoms. The Hall–Kier alpha value is -1.16. The molecular formula is C12H17F2NO. The molecule has 16 heavy (non-hydrogen) atoms. The summed E-state index contributed by atoms with van der Waals surface area (Å²) in [5.41, 5.74) is 0. The maximum absolute atomic E-state index is 12.9. The van der Waals surface area contributed by atoms with Crippen LogP contribution >= 0.6 is 0 Å². The molecule has 0 heterocycles. The Labute approximate surface area is 94.6 Å². The number of ether oxygens (including phenoxy) is 1. The fraction of sp³-hybridized carbons (Fsp3) is 0.500. The van der Waals surface area contributed by atoms with Gasteiger partial charge in [0.25, 0.3) is 0 Å². The van der Waals surface area contributed by atoms with Crippen molar-refractivity contribution >= 4 is 0 Å². The molecule has 90 valence electrons. The molecular weight excluding hydrogens is 212 g/mol. The summed E-state index contributed by atoms with van der Waals surface area (Å²) >= 11 is 0. The van der Waals surface area contributed by atoms with E-state index in [4.69, 9.17) is 4.74 Å². The highest BCUT2D eigenvalue weighted by Gasteiger charge is 2.13. The average Bonchev–Trinajstić information content (AvgIpc) is 2.16. The Morgan fingerprint density at radius 1 is 1.19 bits per heavy atom. The second-order valence-corrected chi connectivity index (χ2v) is 3.77. The molecule has 2 unspecified atom stereocenters. The van der Waals surface area contributed by atoms with Crippen molar-refractivity contribution in [2.24, 2.45) is 0 Å². The first-order valence-electron chi connectivity index (χ1n) is 5.39. The van der Waals surface area contributed by atoms with Gasteiger partial charge < -0.3 is 10.1 Å². The minimum absolute atomic E-state index is 0.122. The second-order valence-electron chi connectivity index (χ2n) is 3.77. The van der Waals surface area contributed by atoms with Gasteiger partial charge in [0.15, 0.2) is 0 Å². The Bertz CT molecular complexity index is 324. The van der Waals surface area contributed by atoms with Crippen LogP contribution in [0.3, 0.4) is 0 Å². The molecule has 0 fully saturated rings. The molecule has 1 N–H and O–H groups in total. The summed E-state index contributed by atoms with van der Waals surface area (Å²) in [5.74, 6) is -1.04. The van der Waals surface area contributed by atoms with Crippen molar-refractivity contribution in [1.29, 1.82) is 0 Å². The van der Waals surface area contributed by atoms with Crippen LogP contribution in [0.5, 0.6) is 5.75 Å². The maximum Gasteiger partial charge on any atom is 0.129 e. The van der Waals surface area contributed by atoms with Crippen molar-refractivity contribution < 1.29 is 13.5 Å². The Balaban J connectivity index is 2.65. The minimum Gasteiger partial charge on any atom is -0.489 e. The van der Waals surface area contributed by atoms with Crippen LogP contribution in [0.2, 0.25) is 0 Å². The third-order valence-corrected chi connectivity index (χ3v) is 2.39. The average molecular weight is 229 g/mol. The number of hydrogen-bond donors (Lipinski definition) is 1. The van der Waals surface area contributed by atoms with Crippen molar-refractivity contribution in [2.75, 3.05) is 6.54 Å². The molecule has 0 spiro atoms.